The fourth-order valence-electron chi connectivity index (χ4n) is 2.40. The summed E-state index contributed by atoms with van der Waals surface area (Å²) < 4.78 is 10.7. The Balaban J connectivity index is 0.00000162. The molecular formula is C12H23ClN2O3. The first-order valence-electron chi connectivity index (χ1n) is 6.24. The monoisotopic (exact) mass is 278 g/mol. The molecule has 0 saturated carbocycles. The predicted octanol–water partition coefficient (Wildman–Crippen LogP) is 0.409. The van der Waals surface area contributed by atoms with E-state index < -0.39 is 6.10 Å². The maximum absolute atomic E-state index is 12.2. The van der Waals surface area contributed by atoms with E-state index in [9.17, 15) is 4.79 Å². The Morgan fingerprint density at radius 2 is 2.11 bits per heavy atom. The van der Waals surface area contributed by atoms with Crippen molar-refractivity contribution in [2.45, 2.75) is 32.4 Å². The van der Waals surface area contributed by atoms with Crippen LogP contribution in [0.25, 0.3) is 0 Å². The van der Waals surface area contributed by atoms with Crippen LogP contribution in [0.5, 0.6) is 0 Å². The molecule has 2 atom stereocenters. The van der Waals surface area contributed by atoms with E-state index >= 15 is 0 Å². The quantitative estimate of drug-likeness (QED) is 0.755. The van der Waals surface area contributed by atoms with E-state index in [0.717, 1.165) is 13.0 Å². The average molecular weight is 279 g/mol. The predicted molar refractivity (Wildman–Crippen MR) is 70.8 cm³/mol. The molecular weight excluding hydrogens is 256 g/mol. The van der Waals surface area contributed by atoms with Crippen molar-refractivity contribution in [3.63, 3.8) is 0 Å². The molecule has 2 aliphatic heterocycles. The van der Waals surface area contributed by atoms with Gasteiger partial charge in [-0.2, -0.15) is 0 Å². The topological polar surface area (TPSA) is 64.8 Å². The van der Waals surface area contributed by atoms with Gasteiger partial charge in [0.15, 0.2) is 6.10 Å². The summed E-state index contributed by atoms with van der Waals surface area (Å²) in [7, 11) is 0. The first-order valence-corrected chi connectivity index (χ1v) is 6.24. The first-order chi connectivity index (χ1) is 8.00. The van der Waals surface area contributed by atoms with Crippen LogP contribution in [0.4, 0.5) is 0 Å². The zero-order valence-corrected chi connectivity index (χ0v) is 11.9. The van der Waals surface area contributed by atoms with Crippen LogP contribution in [0.1, 0.15) is 20.3 Å². The van der Waals surface area contributed by atoms with Gasteiger partial charge in [-0.3, -0.25) is 4.79 Å². The van der Waals surface area contributed by atoms with Crippen LogP contribution in [0.2, 0.25) is 0 Å². The molecule has 2 aliphatic rings. The molecule has 1 amide bonds. The number of piperidine rings is 1. The third kappa shape index (κ3) is 3.35. The van der Waals surface area contributed by atoms with Gasteiger partial charge in [0.25, 0.3) is 5.91 Å². The van der Waals surface area contributed by atoms with Gasteiger partial charge >= 0.3 is 0 Å². The molecule has 0 radical (unpaired) electrons. The Morgan fingerprint density at radius 1 is 1.39 bits per heavy atom. The number of halogens is 1. The zero-order valence-electron chi connectivity index (χ0n) is 11.1. The summed E-state index contributed by atoms with van der Waals surface area (Å²) in [5, 5.41) is 0. The van der Waals surface area contributed by atoms with Crippen molar-refractivity contribution in [1.29, 1.82) is 0 Å². The SMILES string of the molecule is CC1(C)CN(C(=O)C2COCCO2)CCC1N.Cl. The van der Waals surface area contributed by atoms with Gasteiger partial charge < -0.3 is 20.1 Å². The van der Waals surface area contributed by atoms with E-state index in [2.05, 4.69) is 13.8 Å². The maximum atomic E-state index is 12.2. The molecule has 0 aromatic heterocycles. The van der Waals surface area contributed by atoms with Crippen molar-refractivity contribution >= 4 is 18.3 Å². The zero-order chi connectivity index (χ0) is 12.5. The van der Waals surface area contributed by atoms with Gasteiger partial charge in [0.1, 0.15) is 0 Å². The van der Waals surface area contributed by atoms with Gasteiger partial charge in [-0.15, -0.1) is 12.4 Å². The van der Waals surface area contributed by atoms with Gasteiger partial charge in [-0.05, 0) is 11.8 Å². The second-order valence-corrected chi connectivity index (χ2v) is 5.58. The number of nitrogens with two attached hydrogens (primary N) is 1. The van der Waals surface area contributed by atoms with Crippen molar-refractivity contribution in [2.24, 2.45) is 11.1 Å². The van der Waals surface area contributed by atoms with Crippen LogP contribution in [0, 0.1) is 5.41 Å². The molecule has 5 nitrogen and oxygen atoms in total. The average Bonchev–Trinajstić information content (AvgIpc) is 2.33. The van der Waals surface area contributed by atoms with Crippen molar-refractivity contribution in [3.8, 4) is 0 Å². The minimum absolute atomic E-state index is 0. The number of hydrogen-bond acceptors (Lipinski definition) is 4. The number of hydrogen-bond donors (Lipinski definition) is 1. The summed E-state index contributed by atoms with van der Waals surface area (Å²) in [6, 6.07) is 0.162. The molecule has 2 N–H and O–H groups in total. The summed E-state index contributed by atoms with van der Waals surface area (Å²) in [6.45, 7) is 7.11. The normalized spacial score (nSPS) is 31.6. The number of carbonyl (C=O) groups excluding carboxylic acids is 1. The lowest BCUT2D eigenvalue weighted by Gasteiger charge is -2.43. The van der Waals surface area contributed by atoms with Crippen LogP contribution < -0.4 is 5.73 Å². The van der Waals surface area contributed by atoms with Crippen molar-refractivity contribution in [2.75, 3.05) is 32.9 Å². The van der Waals surface area contributed by atoms with E-state index in [1.54, 1.807) is 0 Å². The molecule has 18 heavy (non-hydrogen) atoms. The molecule has 0 aliphatic carbocycles. The second-order valence-electron chi connectivity index (χ2n) is 5.58. The lowest BCUT2D eigenvalue weighted by molar-refractivity contribution is -0.161. The molecule has 2 rings (SSSR count). The Hall–Kier alpha value is -0.360. The Morgan fingerprint density at radius 3 is 2.67 bits per heavy atom. The van der Waals surface area contributed by atoms with Crippen LogP contribution in [0.15, 0.2) is 0 Å². The highest BCUT2D eigenvalue weighted by Crippen LogP contribution is 2.28. The number of likely N-dealkylation sites (tertiary alicyclic amines) is 1. The van der Waals surface area contributed by atoms with Crippen LogP contribution in [-0.2, 0) is 14.3 Å². The molecule has 6 heteroatoms. The number of amides is 1. The van der Waals surface area contributed by atoms with Gasteiger partial charge in [-0.25, -0.2) is 0 Å². The smallest absolute Gasteiger partial charge is 0.254 e. The van der Waals surface area contributed by atoms with E-state index in [4.69, 9.17) is 15.2 Å². The van der Waals surface area contributed by atoms with Crippen molar-refractivity contribution in [1.82, 2.24) is 4.90 Å². The molecule has 0 spiro atoms. The second kappa shape index (κ2) is 6.19. The number of ether oxygens (including phenoxy) is 2. The highest BCUT2D eigenvalue weighted by Gasteiger charge is 2.37. The van der Waals surface area contributed by atoms with Gasteiger partial charge in [0, 0.05) is 19.1 Å². The highest BCUT2D eigenvalue weighted by atomic mass is 35.5. The number of carbonyl (C=O) groups is 1. The minimum atomic E-state index is -0.422. The molecule has 0 aromatic rings. The van der Waals surface area contributed by atoms with Crippen LogP contribution in [-0.4, -0.2) is 55.9 Å². The van der Waals surface area contributed by atoms with E-state index in [1.807, 2.05) is 4.90 Å². The number of nitrogens with zero attached hydrogens (tertiary/aromatic N) is 1. The summed E-state index contributed by atoms with van der Waals surface area (Å²) in [5.74, 6) is 0.0460. The molecule has 2 unspecified atom stereocenters. The van der Waals surface area contributed by atoms with Crippen LogP contribution in [0.3, 0.4) is 0 Å². The van der Waals surface area contributed by atoms with Gasteiger partial charge in [0.2, 0.25) is 0 Å². The standard InChI is InChI=1S/C12H22N2O3.ClH/c1-12(2)8-14(4-3-10(12)13)11(15)9-7-16-5-6-17-9;/h9-10H,3-8,13H2,1-2H3;1H. The summed E-state index contributed by atoms with van der Waals surface area (Å²) in [6.07, 6.45) is 0.431. The Labute approximate surface area is 114 Å². The third-order valence-electron chi connectivity index (χ3n) is 3.72. The third-order valence-corrected chi connectivity index (χ3v) is 3.72. The lowest BCUT2D eigenvalue weighted by Crippen LogP contribution is -2.57. The van der Waals surface area contributed by atoms with E-state index in [1.165, 1.54) is 0 Å². The largest absolute Gasteiger partial charge is 0.376 e. The molecule has 0 aromatic carbocycles. The van der Waals surface area contributed by atoms with Crippen molar-refractivity contribution < 1.29 is 14.3 Å². The molecule has 2 heterocycles. The van der Waals surface area contributed by atoms with Gasteiger partial charge in [0.05, 0.1) is 19.8 Å². The van der Waals surface area contributed by atoms with Crippen LogP contribution >= 0.6 is 12.4 Å². The van der Waals surface area contributed by atoms with Crippen molar-refractivity contribution in [3.05, 3.63) is 0 Å². The fraction of sp³-hybridized carbons (Fsp3) is 0.917. The van der Waals surface area contributed by atoms with E-state index in [-0.39, 0.29) is 29.8 Å². The van der Waals surface area contributed by atoms with Gasteiger partial charge in [-0.1, -0.05) is 13.8 Å². The summed E-state index contributed by atoms with van der Waals surface area (Å²) in [5.41, 5.74) is 6.04. The maximum Gasteiger partial charge on any atom is 0.254 e. The molecule has 106 valence electrons. The Kier molecular flexibility index (Phi) is 5.40. The fourth-order valence-corrected chi connectivity index (χ4v) is 2.40. The molecule has 2 saturated heterocycles. The number of rotatable bonds is 1. The lowest BCUT2D eigenvalue weighted by atomic mass is 9.79. The summed E-state index contributed by atoms with van der Waals surface area (Å²) in [4.78, 5) is 14.1. The summed E-state index contributed by atoms with van der Waals surface area (Å²) >= 11 is 0. The molecule has 2 fully saturated rings. The van der Waals surface area contributed by atoms with E-state index in [0.29, 0.717) is 26.4 Å². The minimum Gasteiger partial charge on any atom is -0.376 e. The highest BCUT2D eigenvalue weighted by molar-refractivity contribution is 5.85. The first kappa shape index (κ1) is 15.7. The molecule has 0 bridgehead atoms. The Bertz CT molecular complexity index is 293.